The Labute approximate surface area is 113 Å². The van der Waals surface area contributed by atoms with E-state index in [4.69, 9.17) is 0 Å². The topological polar surface area (TPSA) is 69.6 Å². The summed E-state index contributed by atoms with van der Waals surface area (Å²) in [6.07, 6.45) is 0. The van der Waals surface area contributed by atoms with Gasteiger partial charge in [-0.05, 0) is 44.5 Å². The van der Waals surface area contributed by atoms with Gasteiger partial charge >= 0.3 is 0 Å². The third kappa shape index (κ3) is 3.71. The third-order valence-electron chi connectivity index (χ3n) is 3.03. The summed E-state index contributed by atoms with van der Waals surface area (Å²) in [5, 5.41) is 12.1. The number of hydrogen-bond acceptors (Lipinski definition) is 3. The summed E-state index contributed by atoms with van der Waals surface area (Å²) in [5.74, 6) is -0.314. The number of phenolic OH excluding ortho intramolecular Hbond substituents is 1. The summed E-state index contributed by atoms with van der Waals surface area (Å²) in [6.45, 7) is 5.83. The van der Waals surface area contributed by atoms with Crippen molar-refractivity contribution in [3.8, 4) is 5.75 Å². The molecule has 0 saturated heterocycles. The predicted molar refractivity (Wildman–Crippen MR) is 73.1 cm³/mol. The van der Waals surface area contributed by atoms with Crippen molar-refractivity contribution in [1.82, 2.24) is 10.2 Å². The molecular weight excluding hydrogens is 244 g/mol. The first-order valence-corrected chi connectivity index (χ1v) is 6.22. The van der Waals surface area contributed by atoms with Gasteiger partial charge in [0.05, 0.1) is 0 Å². The lowest BCUT2D eigenvalue weighted by atomic mass is 10.1. The van der Waals surface area contributed by atoms with Gasteiger partial charge in [-0.3, -0.25) is 9.59 Å². The quantitative estimate of drug-likeness (QED) is 0.861. The van der Waals surface area contributed by atoms with Gasteiger partial charge in [-0.15, -0.1) is 0 Å². The van der Waals surface area contributed by atoms with Crippen LogP contribution in [0.3, 0.4) is 0 Å². The van der Waals surface area contributed by atoms with Crippen molar-refractivity contribution in [3.63, 3.8) is 0 Å². The Balaban J connectivity index is 2.74. The smallest absolute Gasteiger partial charge is 0.251 e. The Morgan fingerprint density at radius 2 is 2.05 bits per heavy atom. The van der Waals surface area contributed by atoms with Crippen LogP contribution in [0.1, 0.15) is 29.8 Å². The van der Waals surface area contributed by atoms with Crippen molar-refractivity contribution in [2.45, 2.75) is 26.8 Å². The first-order valence-electron chi connectivity index (χ1n) is 6.22. The minimum atomic E-state index is -0.577. The van der Waals surface area contributed by atoms with Gasteiger partial charge < -0.3 is 15.3 Å². The van der Waals surface area contributed by atoms with Crippen LogP contribution in [-0.4, -0.2) is 41.5 Å². The zero-order chi connectivity index (χ0) is 14.6. The zero-order valence-corrected chi connectivity index (χ0v) is 11.7. The van der Waals surface area contributed by atoms with Crippen LogP contribution in [0.25, 0.3) is 0 Å². The average molecular weight is 264 g/mol. The van der Waals surface area contributed by atoms with Gasteiger partial charge in [-0.1, -0.05) is 0 Å². The molecule has 104 valence electrons. The molecule has 0 aliphatic rings. The lowest BCUT2D eigenvalue weighted by molar-refractivity contribution is -0.131. The fourth-order valence-corrected chi connectivity index (χ4v) is 1.62. The highest BCUT2D eigenvalue weighted by Crippen LogP contribution is 2.16. The van der Waals surface area contributed by atoms with E-state index in [1.54, 1.807) is 31.9 Å². The lowest BCUT2D eigenvalue weighted by Crippen LogP contribution is -2.45. The second-order valence-electron chi connectivity index (χ2n) is 4.55. The summed E-state index contributed by atoms with van der Waals surface area (Å²) in [6, 6.07) is 4.00. The fraction of sp³-hybridized carbons (Fsp3) is 0.429. The van der Waals surface area contributed by atoms with E-state index in [2.05, 4.69) is 5.32 Å². The van der Waals surface area contributed by atoms with Gasteiger partial charge in [-0.25, -0.2) is 0 Å². The van der Waals surface area contributed by atoms with Crippen molar-refractivity contribution >= 4 is 11.8 Å². The molecule has 1 unspecified atom stereocenters. The molecule has 2 amide bonds. The van der Waals surface area contributed by atoms with Crippen LogP contribution in [0.5, 0.6) is 5.75 Å². The number of amides is 2. The maximum absolute atomic E-state index is 12.0. The van der Waals surface area contributed by atoms with E-state index in [0.29, 0.717) is 17.7 Å². The monoisotopic (exact) mass is 264 g/mol. The molecule has 1 rings (SSSR count). The molecule has 0 aliphatic heterocycles. The average Bonchev–Trinajstić information content (AvgIpc) is 2.39. The molecule has 19 heavy (non-hydrogen) atoms. The van der Waals surface area contributed by atoms with Gasteiger partial charge in [0.1, 0.15) is 11.8 Å². The van der Waals surface area contributed by atoms with Crippen LogP contribution < -0.4 is 5.32 Å². The summed E-state index contributed by atoms with van der Waals surface area (Å²) in [5.41, 5.74) is 1.05. The molecule has 1 atom stereocenters. The van der Waals surface area contributed by atoms with Crippen molar-refractivity contribution < 1.29 is 14.7 Å². The number of benzene rings is 1. The van der Waals surface area contributed by atoms with E-state index in [9.17, 15) is 14.7 Å². The van der Waals surface area contributed by atoms with Crippen LogP contribution in [0.2, 0.25) is 0 Å². The number of likely N-dealkylation sites (N-methyl/N-ethyl adjacent to an activating group) is 1. The Kier molecular flexibility index (Phi) is 4.92. The Morgan fingerprint density at radius 3 is 2.58 bits per heavy atom. The molecule has 0 radical (unpaired) electrons. The Hall–Kier alpha value is -2.04. The van der Waals surface area contributed by atoms with E-state index < -0.39 is 6.04 Å². The van der Waals surface area contributed by atoms with Gasteiger partial charge in [-0.2, -0.15) is 0 Å². The predicted octanol–water partition coefficient (Wildman–Crippen LogP) is 1.30. The molecule has 0 aliphatic carbocycles. The second kappa shape index (κ2) is 6.22. The SMILES string of the molecule is CCN(C)C(=O)C(C)NC(=O)c1ccc(O)c(C)c1. The van der Waals surface area contributed by atoms with E-state index in [1.807, 2.05) is 6.92 Å². The number of aryl methyl sites for hydroxylation is 1. The van der Waals surface area contributed by atoms with Gasteiger partial charge in [0.15, 0.2) is 0 Å². The minimum Gasteiger partial charge on any atom is -0.508 e. The number of carbonyl (C=O) groups excluding carboxylic acids is 2. The number of phenols is 1. The van der Waals surface area contributed by atoms with Crippen LogP contribution in [-0.2, 0) is 4.79 Å². The maximum atomic E-state index is 12.0. The van der Waals surface area contributed by atoms with Crippen LogP contribution in [0, 0.1) is 6.92 Å². The van der Waals surface area contributed by atoms with Crippen molar-refractivity contribution in [2.75, 3.05) is 13.6 Å². The van der Waals surface area contributed by atoms with Gasteiger partial charge in [0, 0.05) is 19.2 Å². The number of nitrogens with one attached hydrogen (secondary N) is 1. The second-order valence-corrected chi connectivity index (χ2v) is 4.55. The molecule has 2 N–H and O–H groups in total. The van der Waals surface area contributed by atoms with Crippen molar-refractivity contribution in [2.24, 2.45) is 0 Å². The summed E-state index contributed by atoms with van der Waals surface area (Å²) >= 11 is 0. The number of nitrogens with zero attached hydrogens (tertiary/aromatic N) is 1. The molecule has 0 heterocycles. The number of aromatic hydroxyl groups is 1. The zero-order valence-electron chi connectivity index (χ0n) is 11.7. The number of hydrogen-bond donors (Lipinski definition) is 2. The molecule has 0 saturated carbocycles. The summed E-state index contributed by atoms with van der Waals surface area (Å²) in [7, 11) is 1.69. The molecule has 1 aromatic rings. The van der Waals surface area contributed by atoms with Crippen LogP contribution in [0.4, 0.5) is 0 Å². The molecule has 5 heteroatoms. The largest absolute Gasteiger partial charge is 0.508 e. The van der Waals surface area contributed by atoms with E-state index in [1.165, 1.54) is 12.1 Å². The van der Waals surface area contributed by atoms with Gasteiger partial charge in [0.2, 0.25) is 5.91 Å². The molecule has 0 aromatic heterocycles. The van der Waals surface area contributed by atoms with E-state index >= 15 is 0 Å². The van der Waals surface area contributed by atoms with Crippen LogP contribution >= 0.6 is 0 Å². The maximum Gasteiger partial charge on any atom is 0.251 e. The fourth-order valence-electron chi connectivity index (χ4n) is 1.62. The van der Waals surface area contributed by atoms with Gasteiger partial charge in [0.25, 0.3) is 5.91 Å². The molecule has 1 aromatic carbocycles. The van der Waals surface area contributed by atoms with Crippen molar-refractivity contribution in [1.29, 1.82) is 0 Å². The highest BCUT2D eigenvalue weighted by atomic mass is 16.3. The molecule has 0 spiro atoms. The number of carbonyl (C=O) groups is 2. The lowest BCUT2D eigenvalue weighted by Gasteiger charge is -2.20. The highest BCUT2D eigenvalue weighted by Gasteiger charge is 2.19. The first kappa shape index (κ1) is 15.0. The summed E-state index contributed by atoms with van der Waals surface area (Å²) < 4.78 is 0. The summed E-state index contributed by atoms with van der Waals surface area (Å²) in [4.78, 5) is 25.4. The molecular formula is C14H20N2O3. The standard InChI is InChI=1S/C14H20N2O3/c1-5-16(4)14(19)10(3)15-13(18)11-6-7-12(17)9(2)8-11/h6-8,10,17H,5H2,1-4H3,(H,15,18). The molecule has 5 nitrogen and oxygen atoms in total. The van der Waals surface area contributed by atoms with Crippen molar-refractivity contribution in [3.05, 3.63) is 29.3 Å². The Morgan fingerprint density at radius 1 is 1.42 bits per heavy atom. The minimum absolute atomic E-state index is 0.133. The third-order valence-corrected chi connectivity index (χ3v) is 3.03. The van der Waals surface area contributed by atoms with E-state index in [-0.39, 0.29) is 17.6 Å². The highest BCUT2D eigenvalue weighted by molar-refractivity contribution is 5.97. The molecule has 0 fully saturated rings. The van der Waals surface area contributed by atoms with Crippen LogP contribution in [0.15, 0.2) is 18.2 Å². The number of rotatable bonds is 4. The van der Waals surface area contributed by atoms with E-state index in [0.717, 1.165) is 0 Å². The normalized spacial score (nSPS) is 11.8. The molecule has 0 bridgehead atoms. The first-order chi connectivity index (χ1) is 8.86. The Bertz CT molecular complexity index is 486.